The van der Waals surface area contributed by atoms with E-state index in [4.69, 9.17) is 0 Å². The topological polar surface area (TPSA) is 29.1 Å². The Morgan fingerprint density at radius 2 is 1.68 bits per heavy atom. The molecule has 2 nitrogen and oxygen atoms in total. The number of hydrogen-bond acceptors (Lipinski definition) is 1. The van der Waals surface area contributed by atoms with E-state index in [1.54, 1.807) is 0 Å². The molecule has 2 rings (SSSR count). The van der Waals surface area contributed by atoms with Crippen LogP contribution in [0.2, 0.25) is 0 Å². The summed E-state index contributed by atoms with van der Waals surface area (Å²) in [5.41, 5.74) is 1.19. The molecule has 0 spiro atoms. The van der Waals surface area contributed by atoms with Crippen molar-refractivity contribution in [1.29, 1.82) is 0 Å². The lowest BCUT2D eigenvalue weighted by Gasteiger charge is -2.16. The number of rotatable bonds is 11. The summed E-state index contributed by atoms with van der Waals surface area (Å²) < 4.78 is 0. The van der Waals surface area contributed by atoms with E-state index in [9.17, 15) is 4.79 Å². The molecule has 0 saturated carbocycles. The fourth-order valence-electron chi connectivity index (χ4n) is 3.30. The standard InChI is InChI=1S/C23H31NO/c1-3-4-5-6-7-8-9-10-18-23(25)24-19(2)21-17-13-15-20-14-11-12-16-22(20)21/h3,11-17,19H,1,4-10,18H2,2H3,(H,24,25). The molecule has 2 heteroatoms. The SMILES string of the molecule is C=CCCCCCCCCC(=O)NC(C)c1cccc2ccccc12. The average molecular weight is 338 g/mol. The van der Waals surface area contributed by atoms with E-state index in [0.29, 0.717) is 6.42 Å². The molecule has 1 N–H and O–H groups in total. The van der Waals surface area contributed by atoms with Crippen molar-refractivity contribution in [3.63, 3.8) is 0 Å². The number of unbranched alkanes of at least 4 members (excludes halogenated alkanes) is 6. The zero-order chi connectivity index (χ0) is 17.9. The Balaban J connectivity index is 1.72. The Hall–Kier alpha value is -2.09. The third-order valence-electron chi connectivity index (χ3n) is 4.73. The van der Waals surface area contributed by atoms with Crippen molar-refractivity contribution in [2.24, 2.45) is 0 Å². The zero-order valence-corrected chi connectivity index (χ0v) is 15.5. The zero-order valence-electron chi connectivity index (χ0n) is 15.5. The van der Waals surface area contributed by atoms with Gasteiger partial charge in [-0.05, 0) is 42.5 Å². The first-order chi connectivity index (χ1) is 12.2. The van der Waals surface area contributed by atoms with Crippen LogP contribution in [0.3, 0.4) is 0 Å². The minimum Gasteiger partial charge on any atom is -0.350 e. The maximum atomic E-state index is 12.2. The van der Waals surface area contributed by atoms with Gasteiger partial charge in [-0.2, -0.15) is 0 Å². The van der Waals surface area contributed by atoms with E-state index in [2.05, 4.69) is 55.2 Å². The maximum Gasteiger partial charge on any atom is 0.220 e. The van der Waals surface area contributed by atoms with E-state index in [-0.39, 0.29) is 11.9 Å². The van der Waals surface area contributed by atoms with Crippen molar-refractivity contribution in [3.05, 3.63) is 60.7 Å². The van der Waals surface area contributed by atoms with Crippen molar-refractivity contribution in [2.75, 3.05) is 0 Å². The van der Waals surface area contributed by atoms with Crippen LogP contribution in [0.1, 0.15) is 69.9 Å². The Kier molecular flexibility index (Phi) is 8.24. The Labute approximate surface area is 152 Å². The maximum absolute atomic E-state index is 12.2. The third-order valence-corrected chi connectivity index (χ3v) is 4.73. The third kappa shape index (κ3) is 6.38. The van der Waals surface area contributed by atoms with Gasteiger partial charge in [0.25, 0.3) is 0 Å². The molecule has 2 aromatic rings. The molecule has 0 bridgehead atoms. The van der Waals surface area contributed by atoms with E-state index in [1.165, 1.54) is 42.0 Å². The van der Waals surface area contributed by atoms with Gasteiger partial charge < -0.3 is 5.32 Å². The predicted octanol–water partition coefficient (Wildman–Crippen LogP) is 6.32. The van der Waals surface area contributed by atoms with Crippen LogP contribution in [0.5, 0.6) is 0 Å². The Bertz CT molecular complexity index is 671. The lowest BCUT2D eigenvalue weighted by Crippen LogP contribution is -2.26. The smallest absolute Gasteiger partial charge is 0.220 e. The summed E-state index contributed by atoms with van der Waals surface area (Å²) in [7, 11) is 0. The number of allylic oxidation sites excluding steroid dienone is 1. The van der Waals surface area contributed by atoms with Crippen LogP contribution in [0.25, 0.3) is 10.8 Å². The summed E-state index contributed by atoms with van der Waals surface area (Å²) in [5, 5.41) is 5.60. The van der Waals surface area contributed by atoms with Crippen LogP contribution in [-0.2, 0) is 4.79 Å². The van der Waals surface area contributed by atoms with Gasteiger partial charge in [-0.15, -0.1) is 6.58 Å². The first-order valence-corrected chi connectivity index (χ1v) is 9.60. The lowest BCUT2D eigenvalue weighted by atomic mass is 9.99. The fourth-order valence-corrected chi connectivity index (χ4v) is 3.30. The highest BCUT2D eigenvalue weighted by Gasteiger charge is 2.11. The van der Waals surface area contributed by atoms with Crippen molar-refractivity contribution < 1.29 is 4.79 Å². The molecule has 1 amide bonds. The number of benzene rings is 2. The molecule has 0 aliphatic heterocycles. The van der Waals surface area contributed by atoms with E-state index in [0.717, 1.165) is 19.3 Å². The molecule has 0 aromatic heterocycles. The molecule has 0 heterocycles. The summed E-state index contributed by atoms with van der Waals surface area (Å²) in [6.07, 6.45) is 10.9. The van der Waals surface area contributed by atoms with E-state index in [1.807, 2.05) is 12.1 Å². The molecule has 25 heavy (non-hydrogen) atoms. The van der Waals surface area contributed by atoms with Crippen molar-refractivity contribution in [3.8, 4) is 0 Å². The molecule has 0 aliphatic carbocycles. The molecule has 0 fully saturated rings. The second-order valence-electron chi connectivity index (χ2n) is 6.81. The summed E-state index contributed by atoms with van der Waals surface area (Å²) in [5.74, 6) is 0.159. The van der Waals surface area contributed by atoms with Gasteiger partial charge in [-0.25, -0.2) is 0 Å². The van der Waals surface area contributed by atoms with Gasteiger partial charge in [0.1, 0.15) is 0 Å². The Morgan fingerprint density at radius 3 is 2.48 bits per heavy atom. The quantitative estimate of drug-likeness (QED) is 0.377. The van der Waals surface area contributed by atoms with Gasteiger partial charge in [-0.1, -0.05) is 74.2 Å². The Morgan fingerprint density at radius 1 is 1.00 bits per heavy atom. The molecule has 0 aliphatic rings. The van der Waals surface area contributed by atoms with Crippen LogP contribution < -0.4 is 5.32 Å². The van der Waals surface area contributed by atoms with Crippen molar-refractivity contribution >= 4 is 16.7 Å². The molecular weight excluding hydrogens is 306 g/mol. The second-order valence-corrected chi connectivity index (χ2v) is 6.81. The van der Waals surface area contributed by atoms with Gasteiger partial charge in [-0.3, -0.25) is 4.79 Å². The fraction of sp³-hybridized carbons (Fsp3) is 0.435. The second kappa shape index (κ2) is 10.7. The molecule has 0 saturated heterocycles. The highest BCUT2D eigenvalue weighted by molar-refractivity contribution is 5.86. The van der Waals surface area contributed by atoms with Crippen molar-refractivity contribution in [1.82, 2.24) is 5.32 Å². The average Bonchev–Trinajstić information content (AvgIpc) is 2.63. The number of hydrogen-bond donors (Lipinski definition) is 1. The molecule has 0 radical (unpaired) electrons. The number of amides is 1. The lowest BCUT2D eigenvalue weighted by molar-refractivity contribution is -0.121. The van der Waals surface area contributed by atoms with Crippen LogP contribution in [-0.4, -0.2) is 5.91 Å². The van der Waals surface area contributed by atoms with Crippen molar-refractivity contribution in [2.45, 2.75) is 64.3 Å². The molecule has 2 aromatic carbocycles. The molecule has 1 unspecified atom stereocenters. The molecular formula is C23H31NO. The van der Waals surface area contributed by atoms with Crippen LogP contribution in [0.4, 0.5) is 0 Å². The van der Waals surface area contributed by atoms with E-state index < -0.39 is 0 Å². The highest BCUT2D eigenvalue weighted by atomic mass is 16.1. The summed E-state index contributed by atoms with van der Waals surface area (Å²) >= 11 is 0. The largest absolute Gasteiger partial charge is 0.350 e. The summed E-state index contributed by atoms with van der Waals surface area (Å²) in [6.45, 7) is 5.81. The molecule has 134 valence electrons. The van der Waals surface area contributed by atoms with Crippen LogP contribution >= 0.6 is 0 Å². The van der Waals surface area contributed by atoms with Gasteiger partial charge in [0.15, 0.2) is 0 Å². The van der Waals surface area contributed by atoms with Gasteiger partial charge in [0.2, 0.25) is 5.91 Å². The summed E-state index contributed by atoms with van der Waals surface area (Å²) in [6, 6.07) is 14.7. The molecule has 1 atom stereocenters. The first-order valence-electron chi connectivity index (χ1n) is 9.60. The summed E-state index contributed by atoms with van der Waals surface area (Å²) in [4.78, 5) is 12.2. The van der Waals surface area contributed by atoms with Gasteiger partial charge in [0, 0.05) is 6.42 Å². The van der Waals surface area contributed by atoms with Gasteiger partial charge >= 0.3 is 0 Å². The highest BCUT2D eigenvalue weighted by Crippen LogP contribution is 2.24. The van der Waals surface area contributed by atoms with Gasteiger partial charge in [0.05, 0.1) is 6.04 Å². The van der Waals surface area contributed by atoms with Crippen LogP contribution in [0, 0.1) is 0 Å². The van der Waals surface area contributed by atoms with Crippen LogP contribution in [0.15, 0.2) is 55.1 Å². The number of nitrogens with one attached hydrogen (secondary N) is 1. The van der Waals surface area contributed by atoms with E-state index >= 15 is 0 Å². The number of fused-ring (bicyclic) bond motifs is 1. The minimum absolute atomic E-state index is 0.0394. The normalized spacial score (nSPS) is 12.0. The number of carbonyl (C=O) groups is 1. The predicted molar refractivity (Wildman–Crippen MR) is 108 cm³/mol. The number of carbonyl (C=O) groups excluding carboxylic acids is 1. The monoisotopic (exact) mass is 337 g/mol. The minimum atomic E-state index is 0.0394. The first kappa shape index (κ1) is 19.2.